The molecule has 1 aliphatic heterocycles. The summed E-state index contributed by atoms with van der Waals surface area (Å²) < 4.78 is 11.1. The summed E-state index contributed by atoms with van der Waals surface area (Å²) in [4.78, 5) is 0. The smallest absolute Gasteiger partial charge is 0.161 e. The van der Waals surface area contributed by atoms with Crippen molar-refractivity contribution in [2.24, 2.45) is 0 Å². The molecule has 0 saturated carbocycles. The number of ether oxygens (including phenoxy) is 2. The second kappa shape index (κ2) is 7.35. The maximum absolute atomic E-state index is 10.3. The van der Waals surface area contributed by atoms with Gasteiger partial charge in [0, 0.05) is 12.6 Å². The number of hydrogen-bond donors (Lipinski definition) is 2. The van der Waals surface area contributed by atoms with Crippen LogP contribution < -0.4 is 14.8 Å². The zero-order valence-electron chi connectivity index (χ0n) is 13.5. The van der Waals surface area contributed by atoms with Crippen LogP contribution in [0.2, 0.25) is 0 Å². The van der Waals surface area contributed by atoms with Gasteiger partial charge >= 0.3 is 0 Å². The van der Waals surface area contributed by atoms with Crippen LogP contribution in [0.15, 0.2) is 42.5 Å². The molecule has 3 rings (SSSR count). The molecule has 1 heterocycles. The summed E-state index contributed by atoms with van der Waals surface area (Å²) in [6.07, 6.45) is -0.627. The van der Waals surface area contributed by atoms with Gasteiger partial charge in [-0.05, 0) is 42.3 Å². The first-order valence-corrected chi connectivity index (χ1v) is 7.98. The predicted molar refractivity (Wildman–Crippen MR) is 90.0 cm³/mol. The minimum atomic E-state index is -0.627. The van der Waals surface area contributed by atoms with E-state index in [2.05, 4.69) is 11.4 Å². The molecular formula is C19H20N2O3. The van der Waals surface area contributed by atoms with Gasteiger partial charge in [0.25, 0.3) is 0 Å². The lowest BCUT2D eigenvalue weighted by Gasteiger charge is -2.22. The molecule has 0 bridgehead atoms. The highest BCUT2D eigenvalue weighted by molar-refractivity contribution is 5.44. The van der Waals surface area contributed by atoms with E-state index in [0.29, 0.717) is 25.3 Å². The molecular weight excluding hydrogens is 304 g/mol. The Morgan fingerprint density at radius 2 is 1.75 bits per heavy atom. The van der Waals surface area contributed by atoms with Crippen LogP contribution in [-0.4, -0.2) is 24.9 Å². The molecule has 0 aliphatic carbocycles. The second-order valence-electron chi connectivity index (χ2n) is 5.78. The monoisotopic (exact) mass is 324 g/mol. The number of rotatable bonds is 5. The van der Waals surface area contributed by atoms with Crippen molar-refractivity contribution in [1.82, 2.24) is 5.32 Å². The average molecular weight is 324 g/mol. The number of nitriles is 1. The molecule has 0 fully saturated rings. The minimum absolute atomic E-state index is 0.0638. The number of nitrogens with zero attached hydrogens (tertiary/aromatic N) is 1. The van der Waals surface area contributed by atoms with Gasteiger partial charge in [0.1, 0.15) is 13.2 Å². The SMILES string of the molecule is CC(NCC(O)c1ccc(C#N)cc1)c1ccc2c(c1)OCCO2. The van der Waals surface area contributed by atoms with Crippen LogP contribution >= 0.6 is 0 Å². The summed E-state index contributed by atoms with van der Waals surface area (Å²) in [6, 6.07) is 15.0. The Balaban J connectivity index is 1.60. The number of benzene rings is 2. The molecule has 0 spiro atoms. The van der Waals surface area contributed by atoms with Crippen molar-refractivity contribution in [3.63, 3.8) is 0 Å². The number of hydrogen-bond acceptors (Lipinski definition) is 5. The lowest BCUT2D eigenvalue weighted by Crippen LogP contribution is -2.25. The van der Waals surface area contributed by atoms with Crippen LogP contribution in [0, 0.1) is 11.3 Å². The summed E-state index contributed by atoms with van der Waals surface area (Å²) in [5, 5.41) is 22.4. The fourth-order valence-electron chi connectivity index (χ4n) is 2.63. The molecule has 2 aromatic carbocycles. The largest absolute Gasteiger partial charge is 0.486 e. The number of aliphatic hydroxyl groups excluding tert-OH is 1. The van der Waals surface area contributed by atoms with Crippen LogP contribution in [0.5, 0.6) is 11.5 Å². The third-order valence-electron chi connectivity index (χ3n) is 4.11. The van der Waals surface area contributed by atoms with Crippen LogP contribution in [0.4, 0.5) is 0 Å². The van der Waals surface area contributed by atoms with E-state index in [0.717, 1.165) is 22.6 Å². The lowest BCUT2D eigenvalue weighted by molar-refractivity contribution is 0.168. The van der Waals surface area contributed by atoms with Gasteiger partial charge in [0.15, 0.2) is 11.5 Å². The number of fused-ring (bicyclic) bond motifs is 1. The van der Waals surface area contributed by atoms with Crippen LogP contribution in [0.25, 0.3) is 0 Å². The van der Waals surface area contributed by atoms with Crippen molar-refractivity contribution in [2.75, 3.05) is 19.8 Å². The van der Waals surface area contributed by atoms with E-state index in [1.807, 2.05) is 25.1 Å². The van der Waals surface area contributed by atoms with Crippen LogP contribution in [0.1, 0.15) is 35.8 Å². The molecule has 0 amide bonds. The van der Waals surface area contributed by atoms with Gasteiger partial charge < -0.3 is 19.9 Å². The number of nitrogens with one attached hydrogen (secondary N) is 1. The standard InChI is InChI=1S/C19H20N2O3/c1-13(16-6-7-18-19(10-16)24-9-8-23-18)21-12-17(22)15-4-2-14(11-20)3-5-15/h2-7,10,13,17,21-22H,8-9,12H2,1H3. The van der Waals surface area contributed by atoms with Gasteiger partial charge in [0.2, 0.25) is 0 Å². The Bertz CT molecular complexity index is 737. The van der Waals surface area contributed by atoms with Crippen molar-refractivity contribution in [1.29, 1.82) is 5.26 Å². The Morgan fingerprint density at radius 1 is 1.08 bits per heavy atom. The predicted octanol–water partition coefficient (Wildman–Crippen LogP) is 2.71. The summed E-state index contributed by atoms with van der Waals surface area (Å²) >= 11 is 0. The van der Waals surface area contributed by atoms with E-state index in [1.54, 1.807) is 24.3 Å². The van der Waals surface area contributed by atoms with E-state index >= 15 is 0 Å². The summed E-state index contributed by atoms with van der Waals surface area (Å²) in [6.45, 7) is 3.60. The molecule has 1 aliphatic rings. The molecule has 2 unspecified atom stereocenters. The maximum atomic E-state index is 10.3. The second-order valence-corrected chi connectivity index (χ2v) is 5.78. The van der Waals surface area contributed by atoms with Crippen molar-refractivity contribution >= 4 is 0 Å². The minimum Gasteiger partial charge on any atom is -0.486 e. The van der Waals surface area contributed by atoms with Gasteiger partial charge in [-0.2, -0.15) is 5.26 Å². The molecule has 2 atom stereocenters. The normalized spacial score (nSPS) is 15.4. The first-order chi connectivity index (χ1) is 11.7. The molecule has 2 aromatic rings. The average Bonchev–Trinajstić information content (AvgIpc) is 2.65. The van der Waals surface area contributed by atoms with Crippen molar-refractivity contribution in [3.05, 3.63) is 59.2 Å². The molecule has 124 valence electrons. The van der Waals surface area contributed by atoms with Crippen molar-refractivity contribution < 1.29 is 14.6 Å². The fourth-order valence-corrected chi connectivity index (χ4v) is 2.63. The van der Waals surface area contributed by atoms with Gasteiger partial charge in [-0.15, -0.1) is 0 Å². The van der Waals surface area contributed by atoms with Gasteiger partial charge in [0.05, 0.1) is 17.7 Å². The molecule has 0 radical (unpaired) electrons. The molecule has 2 N–H and O–H groups in total. The van der Waals surface area contributed by atoms with Gasteiger partial charge in [-0.25, -0.2) is 0 Å². The summed E-state index contributed by atoms with van der Waals surface area (Å²) in [7, 11) is 0. The Labute approximate surface area is 141 Å². The summed E-state index contributed by atoms with van der Waals surface area (Å²) in [5.74, 6) is 1.54. The Kier molecular flexibility index (Phi) is 4.99. The van der Waals surface area contributed by atoms with Crippen molar-refractivity contribution in [3.8, 4) is 17.6 Å². The molecule has 5 heteroatoms. The van der Waals surface area contributed by atoms with Crippen LogP contribution in [-0.2, 0) is 0 Å². The highest BCUT2D eigenvalue weighted by Gasteiger charge is 2.15. The van der Waals surface area contributed by atoms with E-state index in [4.69, 9.17) is 14.7 Å². The Hall–Kier alpha value is -2.55. The van der Waals surface area contributed by atoms with Crippen LogP contribution in [0.3, 0.4) is 0 Å². The maximum Gasteiger partial charge on any atom is 0.161 e. The zero-order valence-corrected chi connectivity index (χ0v) is 13.5. The van der Waals surface area contributed by atoms with E-state index < -0.39 is 6.10 Å². The quantitative estimate of drug-likeness (QED) is 0.884. The van der Waals surface area contributed by atoms with Gasteiger partial charge in [-0.3, -0.25) is 0 Å². The highest BCUT2D eigenvalue weighted by atomic mass is 16.6. The van der Waals surface area contributed by atoms with Gasteiger partial charge in [-0.1, -0.05) is 18.2 Å². The highest BCUT2D eigenvalue weighted by Crippen LogP contribution is 2.32. The Morgan fingerprint density at radius 3 is 2.46 bits per heavy atom. The van der Waals surface area contributed by atoms with E-state index in [9.17, 15) is 5.11 Å². The topological polar surface area (TPSA) is 74.5 Å². The number of aliphatic hydroxyl groups is 1. The summed E-state index contributed by atoms with van der Waals surface area (Å²) in [5.41, 5.74) is 2.45. The molecule has 5 nitrogen and oxygen atoms in total. The molecule has 0 saturated heterocycles. The first-order valence-electron chi connectivity index (χ1n) is 7.98. The molecule has 0 aromatic heterocycles. The van der Waals surface area contributed by atoms with Crippen molar-refractivity contribution in [2.45, 2.75) is 19.1 Å². The third-order valence-corrected chi connectivity index (χ3v) is 4.11. The van der Waals surface area contributed by atoms with E-state index in [-0.39, 0.29) is 6.04 Å². The van der Waals surface area contributed by atoms with E-state index in [1.165, 1.54) is 0 Å². The first kappa shape index (κ1) is 16.3. The third kappa shape index (κ3) is 3.67. The zero-order chi connectivity index (χ0) is 16.9. The fraction of sp³-hybridized carbons (Fsp3) is 0.316. The lowest BCUT2D eigenvalue weighted by atomic mass is 10.0. The molecule has 24 heavy (non-hydrogen) atoms.